The van der Waals surface area contributed by atoms with E-state index in [9.17, 15) is 0 Å². The zero-order valence-corrected chi connectivity index (χ0v) is 12.7. The minimum Gasteiger partial charge on any atom is -0.354 e. The molecule has 0 atom stereocenters. The molecule has 3 nitrogen and oxygen atoms in total. The summed E-state index contributed by atoms with van der Waals surface area (Å²) < 4.78 is 0. The van der Waals surface area contributed by atoms with Gasteiger partial charge in [-0.3, -0.25) is 0 Å². The summed E-state index contributed by atoms with van der Waals surface area (Å²) in [5, 5.41) is 4.94. The van der Waals surface area contributed by atoms with Crippen molar-refractivity contribution < 1.29 is 0 Å². The van der Waals surface area contributed by atoms with Crippen molar-refractivity contribution >= 4 is 39.1 Å². The van der Waals surface area contributed by atoms with Crippen molar-refractivity contribution in [1.82, 2.24) is 9.97 Å². The SMILES string of the molecule is CCCNc1nc(Cl)c2c3c(sc2n1)CCCCC3. The number of hydrogen-bond donors (Lipinski definition) is 1. The van der Waals surface area contributed by atoms with Crippen molar-refractivity contribution in [1.29, 1.82) is 0 Å². The van der Waals surface area contributed by atoms with Crippen LogP contribution in [0.4, 0.5) is 5.95 Å². The van der Waals surface area contributed by atoms with Crippen LogP contribution in [0.3, 0.4) is 0 Å². The van der Waals surface area contributed by atoms with Crippen LogP contribution in [-0.2, 0) is 12.8 Å². The molecule has 0 bridgehead atoms. The van der Waals surface area contributed by atoms with Crippen LogP contribution in [0.2, 0.25) is 5.15 Å². The van der Waals surface area contributed by atoms with Crippen molar-refractivity contribution in [3.63, 3.8) is 0 Å². The lowest BCUT2D eigenvalue weighted by atomic mass is 10.1. The fourth-order valence-electron chi connectivity index (χ4n) is 2.61. The molecule has 2 heterocycles. The van der Waals surface area contributed by atoms with Crippen LogP contribution in [0.5, 0.6) is 0 Å². The maximum atomic E-state index is 6.39. The highest BCUT2D eigenvalue weighted by atomic mass is 35.5. The van der Waals surface area contributed by atoms with E-state index in [0.717, 1.165) is 29.6 Å². The van der Waals surface area contributed by atoms with Gasteiger partial charge in [-0.05, 0) is 37.7 Å². The monoisotopic (exact) mass is 295 g/mol. The topological polar surface area (TPSA) is 37.8 Å². The third kappa shape index (κ3) is 2.56. The molecule has 0 aromatic carbocycles. The summed E-state index contributed by atoms with van der Waals surface area (Å²) in [6.07, 6.45) is 7.21. The highest BCUT2D eigenvalue weighted by molar-refractivity contribution is 7.19. The number of nitrogens with one attached hydrogen (secondary N) is 1. The van der Waals surface area contributed by atoms with Gasteiger partial charge in [0.15, 0.2) is 0 Å². The average molecular weight is 296 g/mol. The Morgan fingerprint density at radius 2 is 2.05 bits per heavy atom. The maximum Gasteiger partial charge on any atom is 0.225 e. The number of rotatable bonds is 3. The van der Waals surface area contributed by atoms with Crippen molar-refractivity contribution in [3.05, 3.63) is 15.6 Å². The lowest BCUT2D eigenvalue weighted by Crippen LogP contribution is -2.04. The lowest BCUT2D eigenvalue weighted by Gasteiger charge is -2.04. The van der Waals surface area contributed by atoms with Gasteiger partial charge in [0.1, 0.15) is 9.98 Å². The van der Waals surface area contributed by atoms with Gasteiger partial charge in [-0.1, -0.05) is 24.9 Å². The molecular formula is C14H18ClN3S. The van der Waals surface area contributed by atoms with Crippen LogP contribution in [0, 0.1) is 0 Å². The predicted molar refractivity (Wildman–Crippen MR) is 82.5 cm³/mol. The van der Waals surface area contributed by atoms with E-state index in [1.165, 1.54) is 36.1 Å². The molecule has 19 heavy (non-hydrogen) atoms. The van der Waals surface area contributed by atoms with E-state index >= 15 is 0 Å². The van der Waals surface area contributed by atoms with Crippen molar-refractivity contribution in [2.75, 3.05) is 11.9 Å². The Morgan fingerprint density at radius 1 is 1.21 bits per heavy atom. The second-order valence-corrected chi connectivity index (χ2v) is 6.45. The van der Waals surface area contributed by atoms with E-state index in [1.54, 1.807) is 11.3 Å². The largest absolute Gasteiger partial charge is 0.354 e. The van der Waals surface area contributed by atoms with Crippen LogP contribution in [0.1, 0.15) is 43.0 Å². The first kappa shape index (κ1) is 13.1. The molecule has 0 spiro atoms. The third-order valence-electron chi connectivity index (χ3n) is 3.55. The average Bonchev–Trinajstić information content (AvgIpc) is 2.59. The number of aryl methyl sites for hydroxylation is 2. The van der Waals surface area contributed by atoms with Crippen LogP contribution < -0.4 is 5.32 Å². The van der Waals surface area contributed by atoms with Gasteiger partial charge in [-0.2, -0.15) is 0 Å². The molecule has 0 radical (unpaired) electrons. The molecule has 0 saturated carbocycles. The van der Waals surface area contributed by atoms with Crippen LogP contribution in [0.25, 0.3) is 10.2 Å². The summed E-state index contributed by atoms with van der Waals surface area (Å²) in [4.78, 5) is 11.5. The van der Waals surface area contributed by atoms with Gasteiger partial charge in [0.25, 0.3) is 0 Å². The summed E-state index contributed by atoms with van der Waals surface area (Å²) in [7, 11) is 0. The van der Waals surface area contributed by atoms with E-state index in [1.807, 2.05) is 0 Å². The third-order valence-corrected chi connectivity index (χ3v) is 5.01. The van der Waals surface area contributed by atoms with Gasteiger partial charge < -0.3 is 5.32 Å². The summed E-state index contributed by atoms with van der Waals surface area (Å²) in [6, 6.07) is 0. The van der Waals surface area contributed by atoms with E-state index < -0.39 is 0 Å². The molecule has 0 amide bonds. The Morgan fingerprint density at radius 3 is 2.89 bits per heavy atom. The molecule has 102 valence electrons. The number of nitrogens with zero attached hydrogens (tertiary/aromatic N) is 2. The maximum absolute atomic E-state index is 6.39. The van der Waals surface area contributed by atoms with Crippen molar-refractivity contribution in [3.8, 4) is 0 Å². The van der Waals surface area contributed by atoms with Gasteiger partial charge >= 0.3 is 0 Å². The van der Waals surface area contributed by atoms with E-state index in [4.69, 9.17) is 11.6 Å². The van der Waals surface area contributed by atoms with Gasteiger partial charge in [0.2, 0.25) is 5.95 Å². The molecule has 5 heteroatoms. The molecule has 1 aliphatic carbocycles. The molecule has 0 saturated heterocycles. The molecule has 1 aliphatic rings. The number of hydrogen-bond acceptors (Lipinski definition) is 4. The second-order valence-electron chi connectivity index (χ2n) is 5.01. The van der Waals surface area contributed by atoms with Crippen molar-refractivity contribution in [2.24, 2.45) is 0 Å². The molecular weight excluding hydrogens is 278 g/mol. The number of anilines is 1. The molecule has 2 aromatic heterocycles. The second kappa shape index (κ2) is 5.63. The van der Waals surface area contributed by atoms with E-state index in [2.05, 4.69) is 22.2 Å². The number of halogens is 1. The Bertz CT molecular complexity index is 594. The lowest BCUT2D eigenvalue weighted by molar-refractivity contribution is 0.713. The Hall–Kier alpha value is -0.870. The zero-order chi connectivity index (χ0) is 13.2. The molecule has 0 aliphatic heterocycles. The molecule has 2 aromatic rings. The Balaban J connectivity index is 2.06. The minimum atomic E-state index is 0.614. The minimum absolute atomic E-state index is 0.614. The number of fused-ring (bicyclic) bond motifs is 3. The molecule has 3 rings (SSSR count). The van der Waals surface area contributed by atoms with Crippen LogP contribution in [-0.4, -0.2) is 16.5 Å². The Labute approximate surface area is 122 Å². The number of thiophene rings is 1. The van der Waals surface area contributed by atoms with Crippen LogP contribution >= 0.6 is 22.9 Å². The fourth-order valence-corrected chi connectivity index (χ4v) is 4.21. The van der Waals surface area contributed by atoms with Gasteiger partial charge in [0, 0.05) is 11.4 Å². The van der Waals surface area contributed by atoms with E-state index in [0.29, 0.717) is 11.1 Å². The standard InChI is InChI=1S/C14H18ClN3S/c1-2-8-16-14-17-12(15)11-9-6-4-3-5-7-10(9)19-13(11)18-14/h2-8H2,1H3,(H,16,17,18). The van der Waals surface area contributed by atoms with Crippen molar-refractivity contribution in [2.45, 2.75) is 45.4 Å². The van der Waals surface area contributed by atoms with Crippen LogP contribution in [0.15, 0.2) is 0 Å². The van der Waals surface area contributed by atoms with Gasteiger partial charge in [-0.25, -0.2) is 9.97 Å². The van der Waals surface area contributed by atoms with Gasteiger partial charge in [-0.15, -0.1) is 11.3 Å². The fraction of sp³-hybridized carbons (Fsp3) is 0.571. The first-order chi connectivity index (χ1) is 9.29. The molecule has 0 fully saturated rings. The molecule has 1 N–H and O–H groups in total. The zero-order valence-electron chi connectivity index (χ0n) is 11.1. The quantitative estimate of drug-likeness (QED) is 0.672. The summed E-state index contributed by atoms with van der Waals surface area (Å²) >= 11 is 8.19. The molecule has 0 unspecified atom stereocenters. The smallest absolute Gasteiger partial charge is 0.225 e. The normalized spacial score (nSPS) is 15.3. The highest BCUT2D eigenvalue weighted by Gasteiger charge is 2.19. The first-order valence-corrected chi connectivity index (χ1v) is 8.20. The summed E-state index contributed by atoms with van der Waals surface area (Å²) in [5.74, 6) is 0.663. The number of aromatic nitrogens is 2. The highest BCUT2D eigenvalue weighted by Crippen LogP contribution is 2.38. The first-order valence-electron chi connectivity index (χ1n) is 7.01. The van der Waals surface area contributed by atoms with Gasteiger partial charge in [0.05, 0.1) is 5.39 Å². The summed E-state index contributed by atoms with van der Waals surface area (Å²) in [5.41, 5.74) is 1.41. The van der Waals surface area contributed by atoms with E-state index in [-0.39, 0.29) is 0 Å². The predicted octanol–water partition coefficient (Wildman–Crippen LogP) is 4.44. The Kier molecular flexibility index (Phi) is 3.89. The summed E-state index contributed by atoms with van der Waals surface area (Å²) in [6.45, 7) is 3.01.